The van der Waals surface area contributed by atoms with Crippen LogP contribution in [-0.2, 0) is 23.4 Å². The van der Waals surface area contributed by atoms with E-state index in [9.17, 15) is 18.9 Å². The van der Waals surface area contributed by atoms with Crippen LogP contribution >= 0.6 is 8.18 Å². The minimum atomic E-state index is -2.62. The summed E-state index contributed by atoms with van der Waals surface area (Å²) in [4.78, 5) is 36.6. The molecule has 1 aliphatic heterocycles. The molecule has 0 amide bonds. The molecule has 2 heterocycles. The van der Waals surface area contributed by atoms with Crippen LogP contribution in [0.25, 0.3) is 0 Å². The van der Waals surface area contributed by atoms with Crippen molar-refractivity contribution in [1.29, 1.82) is 0 Å². The average Bonchev–Trinajstić information content (AvgIpc) is 2.91. The van der Waals surface area contributed by atoms with Gasteiger partial charge in [0.15, 0.2) is 0 Å². The number of aromatic amines is 1. The standard InChI is InChI=1S/C15H24N3O7P/c1-9(2)24-13(20)7-16-26(22)23-8-11-6-10(3)14(25-11)18-5-4-12(19)17-15(18)21/h4-5,9-11,14,26H,6-8H2,1-3H3,(H,16,22)(H,17,19,21)/t10-,11?,14?/m0/s1. The van der Waals surface area contributed by atoms with Crippen molar-refractivity contribution in [2.75, 3.05) is 13.2 Å². The lowest BCUT2D eigenvalue weighted by atomic mass is 10.1. The largest absolute Gasteiger partial charge is 0.462 e. The highest BCUT2D eigenvalue weighted by atomic mass is 31.1. The van der Waals surface area contributed by atoms with E-state index in [1.807, 2.05) is 6.92 Å². The Morgan fingerprint density at radius 3 is 2.88 bits per heavy atom. The average molecular weight is 389 g/mol. The van der Waals surface area contributed by atoms with Gasteiger partial charge in [0, 0.05) is 18.2 Å². The van der Waals surface area contributed by atoms with Crippen LogP contribution in [0.5, 0.6) is 0 Å². The summed E-state index contributed by atoms with van der Waals surface area (Å²) in [5, 5.41) is 2.48. The zero-order chi connectivity index (χ0) is 19.3. The number of esters is 1. The molecule has 26 heavy (non-hydrogen) atoms. The van der Waals surface area contributed by atoms with E-state index in [2.05, 4.69) is 10.1 Å². The number of carbonyl (C=O) groups is 1. The molecule has 1 fully saturated rings. The maximum atomic E-state index is 11.9. The number of aromatic nitrogens is 2. The first-order valence-corrected chi connectivity index (χ1v) is 9.65. The molecule has 0 spiro atoms. The third-order valence-electron chi connectivity index (χ3n) is 3.72. The number of H-pyrrole nitrogens is 1. The summed E-state index contributed by atoms with van der Waals surface area (Å²) in [6.07, 6.45) is 0.850. The first-order valence-electron chi connectivity index (χ1n) is 8.33. The van der Waals surface area contributed by atoms with Gasteiger partial charge in [-0.15, -0.1) is 0 Å². The molecule has 1 aromatic heterocycles. The van der Waals surface area contributed by atoms with Gasteiger partial charge in [-0.25, -0.2) is 9.88 Å². The van der Waals surface area contributed by atoms with Gasteiger partial charge >= 0.3 is 11.7 Å². The van der Waals surface area contributed by atoms with E-state index in [1.54, 1.807) is 13.8 Å². The Morgan fingerprint density at radius 2 is 2.23 bits per heavy atom. The maximum Gasteiger partial charge on any atom is 0.330 e. The molecule has 0 aliphatic carbocycles. The van der Waals surface area contributed by atoms with Crippen molar-refractivity contribution in [1.82, 2.24) is 14.6 Å². The summed E-state index contributed by atoms with van der Waals surface area (Å²) in [6, 6.07) is 1.25. The van der Waals surface area contributed by atoms with Crippen LogP contribution in [0.4, 0.5) is 0 Å². The molecule has 146 valence electrons. The number of nitrogens with one attached hydrogen (secondary N) is 2. The van der Waals surface area contributed by atoms with Crippen molar-refractivity contribution in [3.63, 3.8) is 0 Å². The van der Waals surface area contributed by atoms with Crippen molar-refractivity contribution < 1.29 is 23.4 Å². The molecule has 1 aliphatic rings. The van der Waals surface area contributed by atoms with Gasteiger partial charge < -0.3 is 14.0 Å². The third kappa shape index (κ3) is 5.91. The fraction of sp³-hybridized carbons (Fsp3) is 0.667. The molecule has 4 atom stereocenters. The minimum Gasteiger partial charge on any atom is -0.462 e. The molecule has 0 bridgehead atoms. The summed E-state index contributed by atoms with van der Waals surface area (Å²) in [5.41, 5.74) is -1.02. The number of carbonyl (C=O) groups excluding carboxylic acids is 1. The van der Waals surface area contributed by atoms with Crippen LogP contribution in [0.2, 0.25) is 0 Å². The minimum absolute atomic E-state index is 0.00325. The van der Waals surface area contributed by atoms with E-state index in [1.165, 1.54) is 16.8 Å². The molecule has 2 N–H and O–H groups in total. The molecule has 11 heteroatoms. The Bertz CT molecular complexity index is 760. The van der Waals surface area contributed by atoms with E-state index in [-0.39, 0.29) is 31.3 Å². The highest BCUT2D eigenvalue weighted by Gasteiger charge is 2.34. The molecule has 10 nitrogen and oxygen atoms in total. The van der Waals surface area contributed by atoms with Gasteiger partial charge in [-0.2, -0.15) is 0 Å². The third-order valence-corrected chi connectivity index (χ3v) is 4.62. The first kappa shape index (κ1) is 20.6. The number of hydrogen-bond acceptors (Lipinski definition) is 7. The van der Waals surface area contributed by atoms with Crippen LogP contribution in [-0.4, -0.2) is 40.9 Å². The zero-order valence-electron chi connectivity index (χ0n) is 14.9. The Kier molecular flexibility index (Phi) is 7.33. The van der Waals surface area contributed by atoms with Crippen molar-refractivity contribution in [3.8, 4) is 0 Å². The van der Waals surface area contributed by atoms with Gasteiger partial charge in [0.25, 0.3) is 13.7 Å². The van der Waals surface area contributed by atoms with Gasteiger partial charge in [0.1, 0.15) is 12.8 Å². The van der Waals surface area contributed by atoms with Gasteiger partial charge in [0.05, 0.1) is 18.8 Å². The van der Waals surface area contributed by atoms with E-state index >= 15 is 0 Å². The van der Waals surface area contributed by atoms with Crippen molar-refractivity contribution in [2.45, 2.75) is 45.6 Å². The quantitative estimate of drug-likeness (QED) is 0.483. The number of ether oxygens (including phenoxy) is 2. The molecule has 0 saturated carbocycles. The van der Waals surface area contributed by atoms with E-state index < -0.39 is 31.6 Å². The zero-order valence-corrected chi connectivity index (χ0v) is 15.9. The van der Waals surface area contributed by atoms with Crippen LogP contribution in [0.15, 0.2) is 21.9 Å². The summed E-state index contributed by atoms with van der Waals surface area (Å²) >= 11 is 0. The predicted octanol–water partition coefficient (Wildman–Crippen LogP) is 0.408. The number of hydrogen-bond donors (Lipinski definition) is 2. The molecule has 0 radical (unpaired) electrons. The highest BCUT2D eigenvalue weighted by Crippen LogP contribution is 2.34. The second-order valence-corrected chi connectivity index (χ2v) is 7.59. The Morgan fingerprint density at radius 1 is 1.50 bits per heavy atom. The summed E-state index contributed by atoms with van der Waals surface area (Å²) in [5.74, 6) is -0.506. The molecular weight excluding hydrogens is 365 g/mol. The van der Waals surface area contributed by atoms with Gasteiger partial charge in [-0.3, -0.25) is 23.7 Å². The van der Waals surface area contributed by atoms with Crippen molar-refractivity contribution in [3.05, 3.63) is 33.1 Å². The lowest BCUT2D eigenvalue weighted by Crippen LogP contribution is -2.33. The van der Waals surface area contributed by atoms with E-state index in [4.69, 9.17) is 14.0 Å². The smallest absolute Gasteiger partial charge is 0.330 e. The van der Waals surface area contributed by atoms with E-state index in [0.29, 0.717) is 6.42 Å². The van der Waals surface area contributed by atoms with Crippen LogP contribution in [0.1, 0.15) is 33.4 Å². The first-order chi connectivity index (χ1) is 12.3. The Labute approximate surface area is 150 Å². The van der Waals surface area contributed by atoms with E-state index in [0.717, 1.165) is 0 Å². The Hall–Kier alpha value is -1.74. The summed E-state index contributed by atoms with van der Waals surface area (Å²) < 4.78 is 29.0. The lowest BCUT2D eigenvalue weighted by Gasteiger charge is -2.17. The van der Waals surface area contributed by atoms with Crippen LogP contribution in [0.3, 0.4) is 0 Å². The number of nitrogens with zero attached hydrogens (tertiary/aromatic N) is 1. The van der Waals surface area contributed by atoms with Gasteiger partial charge in [-0.05, 0) is 20.3 Å². The Balaban J connectivity index is 1.81. The fourth-order valence-electron chi connectivity index (χ4n) is 2.66. The fourth-order valence-corrected chi connectivity index (χ4v) is 3.39. The summed E-state index contributed by atoms with van der Waals surface area (Å²) in [6.45, 7) is 5.21. The maximum absolute atomic E-state index is 11.9. The number of rotatable bonds is 8. The second kappa shape index (κ2) is 9.27. The van der Waals surface area contributed by atoms with Gasteiger partial charge in [-0.1, -0.05) is 6.92 Å². The highest BCUT2D eigenvalue weighted by molar-refractivity contribution is 7.36. The summed E-state index contributed by atoms with van der Waals surface area (Å²) in [7, 11) is -2.62. The molecular formula is C15H24N3O7P. The molecule has 2 rings (SSSR count). The van der Waals surface area contributed by atoms with Crippen LogP contribution in [0, 0.1) is 5.92 Å². The monoisotopic (exact) mass is 389 g/mol. The van der Waals surface area contributed by atoms with Crippen molar-refractivity contribution in [2.24, 2.45) is 5.92 Å². The predicted molar refractivity (Wildman–Crippen MR) is 93.2 cm³/mol. The van der Waals surface area contributed by atoms with Crippen molar-refractivity contribution >= 4 is 14.1 Å². The molecule has 3 unspecified atom stereocenters. The molecule has 1 aromatic rings. The molecule has 1 saturated heterocycles. The normalized spacial score (nSPS) is 23.9. The topological polar surface area (TPSA) is 129 Å². The van der Waals surface area contributed by atoms with Gasteiger partial charge in [0.2, 0.25) is 0 Å². The molecule has 0 aromatic carbocycles. The second-order valence-electron chi connectivity index (χ2n) is 6.37. The lowest BCUT2D eigenvalue weighted by molar-refractivity contribution is -0.145. The van der Waals surface area contributed by atoms with Crippen LogP contribution < -0.4 is 16.3 Å². The SMILES string of the molecule is CC(C)OC(=O)CN[PH](=O)OCC1C[C@H](C)C(n2ccc(=O)[nH]c2=O)O1.